The molecule has 5 aromatic carbocycles. The smallest absolute Gasteiger partial charge is 0.0256 e. The van der Waals surface area contributed by atoms with Crippen molar-refractivity contribution in [2.45, 2.75) is 19.3 Å². The number of fused-ring (bicyclic) bond motifs is 10. The number of benzene rings is 5. The average molecular weight is 371 g/mol. The van der Waals surface area contributed by atoms with E-state index in [1.54, 1.807) is 0 Å². The molecule has 1 nitrogen and oxygen atoms in total. The Kier molecular flexibility index (Phi) is 3.16. The van der Waals surface area contributed by atoms with Crippen LogP contribution in [0, 0.1) is 5.41 Å². The Bertz CT molecular complexity index is 1490. The van der Waals surface area contributed by atoms with E-state index in [4.69, 9.17) is 5.41 Å². The van der Waals surface area contributed by atoms with Gasteiger partial charge in [0.25, 0.3) is 0 Å². The Hall–Kier alpha value is -3.45. The molecule has 138 valence electrons. The highest BCUT2D eigenvalue weighted by Gasteiger charge is 2.39. The van der Waals surface area contributed by atoms with Crippen LogP contribution in [-0.4, -0.2) is 6.21 Å². The summed E-state index contributed by atoms with van der Waals surface area (Å²) in [5.41, 5.74) is 6.31. The summed E-state index contributed by atoms with van der Waals surface area (Å²) >= 11 is 0. The molecule has 0 unspecified atom stereocenters. The third-order valence-corrected chi connectivity index (χ3v) is 6.71. The van der Waals surface area contributed by atoms with Crippen molar-refractivity contribution >= 4 is 38.5 Å². The van der Waals surface area contributed by atoms with Crippen LogP contribution in [0.1, 0.15) is 30.5 Å². The molecule has 1 aliphatic rings. The van der Waals surface area contributed by atoms with E-state index in [0.717, 1.165) is 10.9 Å². The van der Waals surface area contributed by atoms with Gasteiger partial charge in [0.05, 0.1) is 0 Å². The molecule has 0 aromatic heterocycles. The van der Waals surface area contributed by atoms with Crippen molar-refractivity contribution in [1.29, 1.82) is 5.41 Å². The van der Waals surface area contributed by atoms with Crippen LogP contribution < -0.4 is 0 Å². The molecule has 0 saturated carbocycles. The lowest BCUT2D eigenvalue weighted by Gasteiger charge is -2.24. The minimum Gasteiger partial charge on any atom is -0.308 e. The first-order valence-electron chi connectivity index (χ1n) is 10.1. The van der Waals surface area contributed by atoms with Crippen LogP contribution in [0.4, 0.5) is 0 Å². The lowest BCUT2D eigenvalue weighted by atomic mass is 9.78. The SMILES string of the molecule is CC1(C)c2cc(C=N)c3ccccc3c2-c2c1c1ccccc1c1ccccc21. The second-order valence-corrected chi connectivity index (χ2v) is 8.54. The van der Waals surface area contributed by atoms with Crippen LogP contribution in [0.5, 0.6) is 0 Å². The normalized spacial score (nSPS) is 14.3. The summed E-state index contributed by atoms with van der Waals surface area (Å²) in [6.07, 6.45) is 1.50. The fourth-order valence-corrected chi connectivity index (χ4v) is 5.47. The molecule has 5 aromatic rings. The second-order valence-electron chi connectivity index (χ2n) is 8.54. The van der Waals surface area contributed by atoms with E-state index in [9.17, 15) is 0 Å². The maximum absolute atomic E-state index is 8.02. The van der Waals surface area contributed by atoms with E-state index in [2.05, 4.69) is 92.7 Å². The van der Waals surface area contributed by atoms with Crippen molar-refractivity contribution in [2.75, 3.05) is 0 Å². The summed E-state index contributed by atoms with van der Waals surface area (Å²) in [6.45, 7) is 4.67. The number of hydrogen-bond donors (Lipinski definition) is 1. The zero-order chi connectivity index (χ0) is 19.8. The maximum atomic E-state index is 8.02. The summed E-state index contributed by atoms with van der Waals surface area (Å²) in [5, 5.41) is 15.7. The van der Waals surface area contributed by atoms with Crippen LogP contribution in [0.2, 0.25) is 0 Å². The molecule has 0 amide bonds. The molecule has 1 heteroatoms. The van der Waals surface area contributed by atoms with E-state index >= 15 is 0 Å². The van der Waals surface area contributed by atoms with Gasteiger partial charge in [0.1, 0.15) is 0 Å². The van der Waals surface area contributed by atoms with Crippen LogP contribution in [0.25, 0.3) is 43.4 Å². The van der Waals surface area contributed by atoms with Gasteiger partial charge in [0.15, 0.2) is 0 Å². The number of rotatable bonds is 1. The van der Waals surface area contributed by atoms with Gasteiger partial charge in [-0.05, 0) is 60.6 Å². The first-order chi connectivity index (χ1) is 14.1. The minimum atomic E-state index is -0.129. The van der Waals surface area contributed by atoms with Crippen LogP contribution in [0.3, 0.4) is 0 Å². The van der Waals surface area contributed by atoms with Gasteiger partial charge in [-0.25, -0.2) is 0 Å². The van der Waals surface area contributed by atoms with Crippen molar-refractivity contribution in [3.63, 3.8) is 0 Å². The molecule has 6 rings (SSSR count). The third kappa shape index (κ3) is 1.97. The van der Waals surface area contributed by atoms with Crippen molar-refractivity contribution in [3.8, 4) is 11.1 Å². The van der Waals surface area contributed by atoms with E-state index in [-0.39, 0.29) is 5.41 Å². The molecule has 0 saturated heterocycles. The predicted octanol–water partition coefficient (Wildman–Crippen LogP) is 7.45. The summed E-state index contributed by atoms with van der Waals surface area (Å²) in [5.74, 6) is 0. The largest absolute Gasteiger partial charge is 0.308 e. The van der Waals surface area contributed by atoms with Crippen molar-refractivity contribution in [2.24, 2.45) is 0 Å². The monoisotopic (exact) mass is 371 g/mol. The molecule has 0 aliphatic heterocycles. The molecule has 0 fully saturated rings. The molecule has 1 aliphatic carbocycles. The number of nitrogens with one attached hydrogen (secondary N) is 1. The maximum Gasteiger partial charge on any atom is 0.0256 e. The van der Waals surface area contributed by atoms with Gasteiger partial charge < -0.3 is 5.41 Å². The Morgan fingerprint density at radius 1 is 0.621 bits per heavy atom. The van der Waals surface area contributed by atoms with Gasteiger partial charge >= 0.3 is 0 Å². The van der Waals surface area contributed by atoms with Crippen molar-refractivity contribution < 1.29 is 0 Å². The zero-order valence-electron chi connectivity index (χ0n) is 16.6. The average Bonchev–Trinajstić information content (AvgIpc) is 3.01. The molecular formula is C28H21N. The topological polar surface area (TPSA) is 23.9 Å². The highest BCUT2D eigenvalue weighted by Crippen LogP contribution is 2.56. The molecule has 0 heterocycles. The molecule has 29 heavy (non-hydrogen) atoms. The van der Waals surface area contributed by atoms with Gasteiger partial charge in [-0.2, -0.15) is 0 Å². The van der Waals surface area contributed by atoms with E-state index in [1.165, 1.54) is 55.4 Å². The summed E-state index contributed by atoms with van der Waals surface area (Å²) in [6, 6.07) is 28.4. The molecule has 0 spiro atoms. The number of hydrogen-bond acceptors (Lipinski definition) is 1. The van der Waals surface area contributed by atoms with Crippen molar-refractivity contribution in [3.05, 3.63) is 95.6 Å². The van der Waals surface area contributed by atoms with Gasteiger partial charge in [-0.15, -0.1) is 0 Å². The second kappa shape index (κ2) is 5.55. The fraction of sp³-hybridized carbons (Fsp3) is 0.107. The quantitative estimate of drug-likeness (QED) is 0.234. The van der Waals surface area contributed by atoms with Crippen LogP contribution >= 0.6 is 0 Å². The summed E-state index contributed by atoms with van der Waals surface area (Å²) < 4.78 is 0. The Morgan fingerprint density at radius 2 is 1.10 bits per heavy atom. The Labute approximate surface area is 170 Å². The third-order valence-electron chi connectivity index (χ3n) is 6.71. The van der Waals surface area contributed by atoms with Gasteiger partial charge in [-0.3, -0.25) is 0 Å². The first kappa shape index (κ1) is 16.5. The van der Waals surface area contributed by atoms with Gasteiger partial charge in [0.2, 0.25) is 0 Å². The van der Waals surface area contributed by atoms with E-state index < -0.39 is 0 Å². The fourth-order valence-electron chi connectivity index (χ4n) is 5.47. The minimum absolute atomic E-state index is 0.129. The van der Waals surface area contributed by atoms with E-state index in [1.807, 2.05) is 0 Å². The zero-order valence-corrected chi connectivity index (χ0v) is 16.6. The van der Waals surface area contributed by atoms with E-state index in [0.29, 0.717) is 0 Å². The lowest BCUT2D eigenvalue weighted by molar-refractivity contribution is 0.667. The molecular weight excluding hydrogens is 350 g/mol. The molecule has 0 bridgehead atoms. The van der Waals surface area contributed by atoms with Gasteiger partial charge in [0, 0.05) is 17.2 Å². The van der Waals surface area contributed by atoms with Crippen molar-refractivity contribution in [1.82, 2.24) is 0 Å². The molecule has 0 atom stereocenters. The Balaban J connectivity index is 1.95. The van der Waals surface area contributed by atoms with Crippen LogP contribution in [0.15, 0.2) is 78.9 Å². The highest BCUT2D eigenvalue weighted by atomic mass is 14.4. The van der Waals surface area contributed by atoms with Crippen LogP contribution in [-0.2, 0) is 5.41 Å². The highest BCUT2D eigenvalue weighted by molar-refractivity contribution is 6.22. The van der Waals surface area contributed by atoms with Gasteiger partial charge in [-0.1, -0.05) is 86.6 Å². The lowest BCUT2D eigenvalue weighted by Crippen LogP contribution is -2.16. The summed E-state index contributed by atoms with van der Waals surface area (Å²) in [7, 11) is 0. The molecule has 0 radical (unpaired) electrons. The standard InChI is InChI=1S/C28H21N/c1-28(2)24-15-17(16-29)18-9-3-6-12-21(18)25(24)26-22-13-7-4-10-19(22)20-11-5-8-14-23(20)27(26)28/h3-16,29H,1-2H3. The Morgan fingerprint density at radius 3 is 1.72 bits per heavy atom. The predicted molar refractivity (Wildman–Crippen MR) is 124 cm³/mol. The first-order valence-corrected chi connectivity index (χ1v) is 10.1. The molecule has 1 N–H and O–H groups in total. The summed E-state index contributed by atoms with van der Waals surface area (Å²) in [4.78, 5) is 0.